The van der Waals surface area contributed by atoms with Crippen LogP contribution in [0.1, 0.15) is 28.7 Å². The zero-order valence-electron chi connectivity index (χ0n) is 16.4. The standard InChI is InChI=1S/C23H20F3N3OS/c24-23(25,26)18-5-3-14(4-6-18)22(30)19(27)7-8-21-29-13-20(31-21)16-1-2-17-12-28-10-9-15(17)11-16/h1-6,9-13,19,22,30H,7-8,27H2. The van der Waals surface area contributed by atoms with E-state index in [0.29, 0.717) is 18.4 Å². The molecule has 8 heteroatoms. The number of thiazole rings is 1. The van der Waals surface area contributed by atoms with Gasteiger partial charge in [-0.25, -0.2) is 4.98 Å². The number of pyridine rings is 1. The molecule has 0 aliphatic heterocycles. The molecule has 4 aromatic rings. The second-order valence-electron chi connectivity index (χ2n) is 7.32. The summed E-state index contributed by atoms with van der Waals surface area (Å²) in [7, 11) is 0. The first-order valence-corrected chi connectivity index (χ1v) is 10.5. The zero-order valence-corrected chi connectivity index (χ0v) is 17.2. The molecular weight excluding hydrogens is 423 g/mol. The van der Waals surface area contributed by atoms with Gasteiger partial charge in [0.25, 0.3) is 0 Å². The summed E-state index contributed by atoms with van der Waals surface area (Å²) in [4.78, 5) is 9.61. The zero-order chi connectivity index (χ0) is 22.0. The normalized spacial score (nSPS) is 14.0. The molecule has 2 heterocycles. The van der Waals surface area contributed by atoms with Gasteiger partial charge in [0.1, 0.15) is 0 Å². The van der Waals surface area contributed by atoms with Crippen LogP contribution in [0.3, 0.4) is 0 Å². The van der Waals surface area contributed by atoms with E-state index in [4.69, 9.17) is 5.73 Å². The van der Waals surface area contributed by atoms with Crippen molar-refractivity contribution in [3.63, 3.8) is 0 Å². The van der Waals surface area contributed by atoms with Crippen LogP contribution in [0.25, 0.3) is 21.2 Å². The first kappa shape index (κ1) is 21.4. The van der Waals surface area contributed by atoms with Crippen LogP contribution < -0.4 is 5.73 Å². The summed E-state index contributed by atoms with van der Waals surface area (Å²) in [5.74, 6) is 0. The molecule has 0 radical (unpaired) electrons. The summed E-state index contributed by atoms with van der Waals surface area (Å²) in [6.45, 7) is 0. The molecule has 31 heavy (non-hydrogen) atoms. The minimum Gasteiger partial charge on any atom is -0.387 e. The minimum absolute atomic E-state index is 0.367. The highest BCUT2D eigenvalue weighted by Gasteiger charge is 2.30. The number of rotatable bonds is 6. The fourth-order valence-corrected chi connectivity index (χ4v) is 4.29. The smallest absolute Gasteiger partial charge is 0.387 e. The lowest BCUT2D eigenvalue weighted by Crippen LogP contribution is -2.29. The van der Waals surface area contributed by atoms with Crippen molar-refractivity contribution in [3.8, 4) is 10.4 Å². The number of aromatic nitrogens is 2. The Kier molecular flexibility index (Phi) is 6.04. The first-order chi connectivity index (χ1) is 14.8. The van der Waals surface area contributed by atoms with Crippen molar-refractivity contribution < 1.29 is 18.3 Å². The van der Waals surface area contributed by atoms with Crippen LogP contribution in [-0.2, 0) is 12.6 Å². The molecule has 0 aliphatic rings. The van der Waals surface area contributed by atoms with Crippen molar-refractivity contribution in [2.75, 3.05) is 0 Å². The highest BCUT2D eigenvalue weighted by molar-refractivity contribution is 7.15. The van der Waals surface area contributed by atoms with Crippen LogP contribution in [-0.4, -0.2) is 21.1 Å². The van der Waals surface area contributed by atoms with Gasteiger partial charge in [0.2, 0.25) is 0 Å². The summed E-state index contributed by atoms with van der Waals surface area (Å²) < 4.78 is 38.1. The molecule has 2 atom stereocenters. The average molecular weight is 443 g/mol. The second kappa shape index (κ2) is 8.74. The quantitative estimate of drug-likeness (QED) is 0.420. The maximum atomic E-state index is 12.7. The van der Waals surface area contributed by atoms with Crippen molar-refractivity contribution in [2.45, 2.75) is 31.2 Å². The summed E-state index contributed by atoms with van der Waals surface area (Å²) in [5.41, 5.74) is 6.78. The molecule has 2 aromatic carbocycles. The van der Waals surface area contributed by atoms with Gasteiger partial charge < -0.3 is 10.8 Å². The Morgan fingerprint density at radius 2 is 1.77 bits per heavy atom. The Bertz CT molecular complexity index is 1170. The summed E-state index contributed by atoms with van der Waals surface area (Å²) in [6, 6.07) is 11.9. The van der Waals surface area contributed by atoms with Crippen LogP contribution >= 0.6 is 11.3 Å². The average Bonchev–Trinajstić information content (AvgIpc) is 3.25. The molecule has 0 aliphatic carbocycles. The molecule has 160 valence electrons. The molecule has 2 unspecified atom stereocenters. The minimum atomic E-state index is -4.41. The Morgan fingerprint density at radius 1 is 1.00 bits per heavy atom. The third-order valence-electron chi connectivity index (χ3n) is 5.16. The van der Waals surface area contributed by atoms with E-state index in [9.17, 15) is 18.3 Å². The highest BCUT2D eigenvalue weighted by Crippen LogP contribution is 2.32. The SMILES string of the molecule is NC(CCc1ncc(-c2ccc3cnccc3c2)s1)C(O)c1ccc(C(F)(F)F)cc1. The van der Waals surface area contributed by atoms with Crippen molar-refractivity contribution in [2.24, 2.45) is 5.73 Å². The predicted octanol–water partition coefficient (Wildman–Crippen LogP) is 5.37. The maximum absolute atomic E-state index is 12.7. The van der Waals surface area contributed by atoms with Gasteiger partial charge in [-0.3, -0.25) is 4.98 Å². The summed E-state index contributed by atoms with van der Waals surface area (Å²) in [5, 5.41) is 13.5. The van der Waals surface area contributed by atoms with Crippen molar-refractivity contribution in [3.05, 3.63) is 83.3 Å². The molecule has 4 rings (SSSR count). The van der Waals surface area contributed by atoms with Gasteiger partial charge >= 0.3 is 6.18 Å². The molecule has 0 spiro atoms. The number of hydrogen-bond donors (Lipinski definition) is 2. The number of aliphatic hydroxyl groups is 1. The van der Waals surface area contributed by atoms with E-state index in [2.05, 4.69) is 16.0 Å². The Balaban J connectivity index is 1.39. The second-order valence-corrected chi connectivity index (χ2v) is 8.44. The van der Waals surface area contributed by atoms with Crippen LogP contribution in [0.15, 0.2) is 67.1 Å². The largest absolute Gasteiger partial charge is 0.416 e. The molecule has 4 nitrogen and oxygen atoms in total. The van der Waals surface area contributed by atoms with E-state index in [1.165, 1.54) is 12.1 Å². The van der Waals surface area contributed by atoms with E-state index in [1.54, 1.807) is 17.5 Å². The molecule has 0 bridgehead atoms. The predicted molar refractivity (Wildman–Crippen MR) is 116 cm³/mol. The number of benzene rings is 2. The van der Waals surface area contributed by atoms with Gasteiger partial charge in [-0.1, -0.05) is 24.3 Å². The topological polar surface area (TPSA) is 72.0 Å². The van der Waals surface area contributed by atoms with E-state index in [0.717, 1.165) is 38.4 Å². The lowest BCUT2D eigenvalue weighted by Gasteiger charge is -2.19. The van der Waals surface area contributed by atoms with Crippen molar-refractivity contribution >= 4 is 22.1 Å². The van der Waals surface area contributed by atoms with Gasteiger partial charge in [-0.2, -0.15) is 13.2 Å². The van der Waals surface area contributed by atoms with E-state index < -0.39 is 23.9 Å². The van der Waals surface area contributed by atoms with E-state index in [1.807, 2.05) is 30.6 Å². The van der Waals surface area contributed by atoms with E-state index in [-0.39, 0.29) is 0 Å². The number of nitrogens with zero attached hydrogens (tertiary/aromatic N) is 2. The number of hydrogen-bond acceptors (Lipinski definition) is 5. The van der Waals surface area contributed by atoms with Crippen molar-refractivity contribution in [1.29, 1.82) is 0 Å². The van der Waals surface area contributed by atoms with Crippen LogP contribution in [0.2, 0.25) is 0 Å². The number of nitrogens with two attached hydrogens (primary N) is 1. The van der Waals surface area contributed by atoms with Crippen LogP contribution in [0.5, 0.6) is 0 Å². The third kappa shape index (κ3) is 4.92. The number of alkyl halides is 3. The number of halogens is 3. The molecule has 0 saturated heterocycles. The highest BCUT2D eigenvalue weighted by atomic mass is 32.1. The van der Waals surface area contributed by atoms with Gasteiger partial charge in [-0.05, 0) is 47.2 Å². The van der Waals surface area contributed by atoms with Gasteiger partial charge in [-0.15, -0.1) is 11.3 Å². The third-order valence-corrected chi connectivity index (χ3v) is 6.26. The lowest BCUT2D eigenvalue weighted by atomic mass is 9.98. The number of fused-ring (bicyclic) bond motifs is 1. The number of aryl methyl sites for hydroxylation is 1. The fraction of sp³-hybridized carbons (Fsp3) is 0.217. The molecule has 0 amide bonds. The molecule has 3 N–H and O–H groups in total. The molecular formula is C23H20F3N3OS. The Labute approximate surface area is 181 Å². The molecule has 0 fully saturated rings. The maximum Gasteiger partial charge on any atom is 0.416 e. The number of aliphatic hydroxyl groups excluding tert-OH is 1. The first-order valence-electron chi connectivity index (χ1n) is 9.71. The monoisotopic (exact) mass is 443 g/mol. The van der Waals surface area contributed by atoms with Gasteiger partial charge in [0.15, 0.2) is 0 Å². The summed E-state index contributed by atoms with van der Waals surface area (Å²) in [6.07, 6.45) is 0.972. The fourth-order valence-electron chi connectivity index (χ4n) is 3.36. The Morgan fingerprint density at radius 3 is 2.52 bits per heavy atom. The van der Waals surface area contributed by atoms with Crippen LogP contribution in [0, 0.1) is 0 Å². The Hall–Kier alpha value is -2.81. The van der Waals surface area contributed by atoms with Gasteiger partial charge in [0, 0.05) is 36.4 Å². The molecule has 2 aromatic heterocycles. The van der Waals surface area contributed by atoms with Gasteiger partial charge in [0.05, 0.1) is 21.6 Å². The van der Waals surface area contributed by atoms with E-state index >= 15 is 0 Å². The van der Waals surface area contributed by atoms with Crippen LogP contribution in [0.4, 0.5) is 13.2 Å². The summed E-state index contributed by atoms with van der Waals surface area (Å²) >= 11 is 1.56. The molecule has 0 saturated carbocycles. The van der Waals surface area contributed by atoms with Crippen molar-refractivity contribution in [1.82, 2.24) is 9.97 Å². The lowest BCUT2D eigenvalue weighted by molar-refractivity contribution is -0.137.